The molecule has 0 spiro atoms. The highest BCUT2D eigenvalue weighted by atomic mass is 32.2. The Morgan fingerprint density at radius 3 is 1.91 bits per heavy atom. The average molecular weight is 490 g/mol. The standard InChI is InChI=1S/C25H35N3O5S/c1-15(2)22(26-24(29)21-9-8-14-33-21)25(30)27-10-12-28(13-11-27)34(31,32)23-19(6)17(4)16(3)18(5)20(23)7/h8-9,14-15,22H,10-13H2,1-7H3,(H,26,29)/t22-/m0/s1. The summed E-state index contributed by atoms with van der Waals surface area (Å²) in [4.78, 5) is 27.6. The summed E-state index contributed by atoms with van der Waals surface area (Å²) in [6, 6.07) is 2.42. The van der Waals surface area contributed by atoms with Gasteiger partial charge < -0.3 is 14.6 Å². The predicted octanol–water partition coefficient (Wildman–Crippen LogP) is 3.11. The number of benzene rings is 1. The summed E-state index contributed by atoms with van der Waals surface area (Å²) in [6.45, 7) is 14.3. The van der Waals surface area contributed by atoms with Crippen molar-refractivity contribution in [1.82, 2.24) is 14.5 Å². The van der Waals surface area contributed by atoms with Crippen LogP contribution in [0.25, 0.3) is 0 Å². The number of rotatable bonds is 6. The molecule has 186 valence electrons. The first-order chi connectivity index (χ1) is 15.9. The zero-order chi connectivity index (χ0) is 25.4. The van der Waals surface area contributed by atoms with Gasteiger partial charge in [0.25, 0.3) is 5.91 Å². The van der Waals surface area contributed by atoms with E-state index >= 15 is 0 Å². The van der Waals surface area contributed by atoms with Crippen molar-refractivity contribution in [1.29, 1.82) is 0 Å². The third-order valence-corrected chi connectivity index (χ3v) is 9.22. The monoisotopic (exact) mass is 489 g/mol. The van der Waals surface area contributed by atoms with Crippen LogP contribution in [0.3, 0.4) is 0 Å². The highest BCUT2D eigenvalue weighted by Gasteiger charge is 2.36. The molecule has 0 aliphatic carbocycles. The number of carbonyl (C=O) groups is 2. The second-order valence-corrected chi connectivity index (χ2v) is 11.2. The van der Waals surface area contributed by atoms with Gasteiger partial charge in [-0.1, -0.05) is 13.8 Å². The third kappa shape index (κ3) is 4.77. The van der Waals surface area contributed by atoms with Gasteiger partial charge in [-0.2, -0.15) is 4.31 Å². The first kappa shape index (κ1) is 26.0. The highest BCUT2D eigenvalue weighted by molar-refractivity contribution is 7.89. The number of carbonyl (C=O) groups excluding carboxylic acids is 2. The zero-order valence-electron chi connectivity index (χ0n) is 21.1. The van der Waals surface area contributed by atoms with E-state index in [9.17, 15) is 18.0 Å². The first-order valence-electron chi connectivity index (χ1n) is 11.6. The number of amides is 2. The van der Waals surface area contributed by atoms with Crippen molar-refractivity contribution in [3.05, 3.63) is 52.0 Å². The summed E-state index contributed by atoms with van der Waals surface area (Å²) in [7, 11) is -3.71. The van der Waals surface area contributed by atoms with Gasteiger partial charge in [0.05, 0.1) is 11.2 Å². The van der Waals surface area contributed by atoms with Crippen molar-refractivity contribution in [3.63, 3.8) is 0 Å². The molecule has 1 atom stereocenters. The largest absolute Gasteiger partial charge is 0.459 e. The summed E-state index contributed by atoms with van der Waals surface area (Å²) < 4.78 is 33.8. The zero-order valence-corrected chi connectivity index (χ0v) is 21.9. The number of nitrogens with zero attached hydrogens (tertiary/aromatic N) is 2. The lowest BCUT2D eigenvalue weighted by Gasteiger charge is -2.37. The van der Waals surface area contributed by atoms with Gasteiger partial charge in [-0.15, -0.1) is 0 Å². The van der Waals surface area contributed by atoms with Crippen molar-refractivity contribution in [3.8, 4) is 0 Å². The maximum Gasteiger partial charge on any atom is 0.287 e. The fourth-order valence-electron chi connectivity index (χ4n) is 4.46. The van der Waals surface area contributed by atoms with E-state index in [0.717, 1.165) is 27.8 Å². The third-order valence-electron chi connectivity index (χ3n) is 7.04. The Hall–Kier alpha value is -2.65. The predicted molar refractivity (Wildman–Crippen MR) is 130 cm³/mol. The van der Waals surface area contributed by atoms with E-state index in [-0.39, 0.29) is 43.8 Å². The molecule has 0 bridgehead atoms. The number of piperazine rings is 1. The highest BCUT2D eigenvalue weighted by Crippen LogP contribution is 2.32. The Labute approximate surface area is 202 Å². The van der Waals surface area contributed by atoms with Crippen molar-refractivity contribution in [2.24, 2.45) is 5.92 Å². The van der Waals surface area contributed by atoms with Gasteiger partial charge in [0.2, 0.25) is 15.9 Å². The molecule has 1 aromatic heterocycles. The van der Waals surface area contributed by atoms with E-state index in [4.69, 9.17) is 4.42 Å². The topological polar surface area (TPSA) is 99.9 Å². The van der Waals surface area contributed by atoms with Crippen LogP contribution in [0.4, 0.5) is 0 Å². The maximum atomic E-state index is 13.6. The molecule has 8 nitrogen and oxygen atoms in total. The Morgan fingerprint density at radius 2 is 1.44 bits per heavy atom. The van der Waals surface area contributed by atoms with Crippen LogP contribution in [-0.4, -0.2) is 61.7 Å². The van der Waals surface area contributed by atoms with Crippen molar-refractivity contribution < 1.29 is 22.4 Å². The molecule has 34 heavy (non-hydrogen) atoms. The molecule has 2 amide bonds. The smallest absolute Gasteiger partial charge is 0.287 e. The molecule has 0 radical (unpaired) electrons. The summed E-state index contributed by atoms with van der Waals surface area (Å²) in [5.74, 6) is -0.670. The van der Waals surface area contributed by atoms with Crippen molar-refractivity contribution in [2.45, 2.75) is 59.4 Å². The van der Waals surface area contributed by atoms with Gasteiger partial charge >= 0.3 is 0 Å². The van der Waals surface area contributed by atoms with Crippen molar-refractivity contribution in [2.75, 3.05) is 26.2 Å². The maximum absolute atomic E-state index is 13.6. The van der Waals surface area contributed by atoms with Crippen LogP contribution in [0.5, 0.6) is 0 Å². The second kappa shape index (κ2) is 9.92. The molecule has 3 rings (SSSR count). The van der Waals surface area contributed by atoms with Gasteiger partial charge in [-0.25, -0.2) is 8.42 Å². The van der Waals surface area contributed by atoms with Crippen LogP contribution >= 0.6 is 0 Å². The van der Waals surface area contributed by atoms with Gasteiger partial charge in [0, 0.05) is 26.2 Å². The number of hydrogen-bond donors (Lipinski definition) is 1. The first-order valence-corrected chi connectivity index (χ1v) is 13.0. The van der Waals surface area contributed by atoms with E-state index in [2.05, 4.69) is 5.32 Å². The summed E-state index contributed by atoms with van der Waals surface area (Å²) in [6.07, 6.45) is 1.40. The van der Waals surface area contributed by atoms with Gasteiger partial charge in [0.15, 0.2) is 5.76 Å². The summed E-state index contributed by atoms with van der Waals surface area (Å²) >= 11 is 0. The molecule has 1 saturated heterocycles. The van der Waals surface area contributed by atoms with E-state index in [1.54, 1.807) is 17.0 Å². The van der Waals surface area contributed by atoms with Gasteiger partial charge in [0.1, 0.15) is 6.04 Å². The van der Waals surface area contributed by atoms with Crippen LogP contribution in [0.1, 0.15) is 52.2 Å². The summed E-state index contributed by atoms with van der Waals surface area (Å²) in [5.41, 5.74) is 4.64. The second-order valence-electron chi connectivity index (χ2n) is 9.36. The molecule has 1 aliphatic rings. The number of furan rings is 1. The van der Waals surface area contributed by atoms with Gasteiger partial charge in [-0.05, 0) is 80.5 Å². The molecule has 2 aromatic rings. The molecule has 1 aliphatic heterocycles. The average Bonchev–Trinajstić information content (AvgIpc) is 3.34. The van der Waals surface area contributed by atoms with Crippen LogP contribution in [0.15, 0.2) is 27.7 Å². The van der Waals surface area contributed by atoms with Gasteiger partial charge in [-0.3, -0.25) is 9.59 Å². The molecule has 0 saturated carbocycles. The molecule has 1 aromatic carbocycles. The lowest BCUT2D eigenvalue weighted by molar-refractivity contribution is -0.135. The molecule has 9 heteroatoms. The van der Waals surface area contributed by atoms with Crippen molar-refractivity contribution >= 4 is 21.8 Å². The Kier molecular flexibility index (Phi) is 7.57. The number of sulfonamides is 1. The SMILES string of the molecule is Cc1c(C)c(C)c(S(=O)(=O)N2CCN(C(=O)[C@@H](NC(=O)c3ccco3)C(C)C)CC2)c(C)c1C. The Bertz CT molecular complexity index is 1150. The molecule has 1 N–H and O–H groups in total. The molecule has 0 unspecified atom stereocenters. The molecular formula is C25H35N3O5S. The fourth-order valence-corrected chi connectivity index (χ4v) is 6.44. The Morgan fingerprint density at radius 1 is 0.912 bits per heavy atom. The summed E-state index contributed by atoms with van der Waals surface area (Å²) in [5, 5.41) is 2.76. The molecule has 1 fully saturated rings. The normalized spacial score (nSPS) is 16.1. The quantitative estimate of drug-likeness (QED) is 0.672. The van der Waals surface area contributed by atoms with E-state index in [1.165, 1.54) is 10.6 Å². The van der Waals surface area contributed by atoms with Crippen LogP contribution < -0.4 is 5.32 Å². The number of hydrogen-bond acceptors (Lipinski definition) is 5. The number of nitrogens with one attached hydrogen (secondary N) is 1. The minimum absolute atomic E-state index is 0.142. The van der Waals surface area contributed by atoms with E-state index < -0.39 is 22.0 Å². The minimum atomic E-state index is -3.71. The Balaban J connectivity index is 1.75. The molecular weight excluding hydrogens is 454 g/mol. The lowest BCUT2D eigenvalue weighted by atomic mass is 9.95. The fraction of sp³-hybridized carbons (Fsp3) is 0.520. The lowest BCUT2D eigenvalue weighted by Crippen LogP contribution is -2.57. The van der Waals surface area contributed by atoms with E-state index in [0.29, 0.717) is 4.90 Å². The van der Waals surface area contributed by atoms with E-state index in [1.807, 2.05) is 48.5 Å². The van der Waals surface area contributed by atoms with Crippen LogP contribution in [-0.2, 0) is 14.8 Å². The van der Waals surface area contributed by atoms with Crippen LogP contribution in [0.2, 0.25) is 0 Å². The van der Waals surface area contributed by atoms with Crippen LogP contribution in [0, 0.1) is 40.5 Å². The molecule has 2 heterocycles. The minimum Gasteiger partial charge on any atom is -0.459 e.